The van der Waals surface area contributed by atoms with E-state index in [1.165, 1.54) is 24.2 Å². The van der Waals surface area contributed by atoms with E-state index in [9.17, 15) is 9.59 Å². The molecule has 2 N–H and O–H groups in total. The molecule has 0 aromatic carbocycles. The standard InChI is InChI=1S/C15H24N2O3/c1-2-3-4-5-6-7-8-9-10-11-17(15(19)20)13-12-16-14(13)18/h1,13H,3-12H2,(H,16,18)(H,19,20). The van der Waals surface area contributed by atoms with Crippen LogP contribution >= 0.6 is 0 Å². The summed E-state index contributed by atoms with van der Waals surface area (Å²) in [6.07, 6.45) is 12.6. The molecular weight excluding hydrogens is 256 g/mol. The lowest BCUT2D eigenvalue weighted by Crippen LogP contribution is -2.63. The van der Waals surface area contributed by atoms with Gasteiger partial charge in [0, 0.05) is 19.5 Å². The van der Waals surface area contributed by atoms with Gasteiger partial charge < -0.3 is 10.4 Å². The zero-order chi connectivity index (χ0) is 14.8. The normalized spacial score (nSPS) is 16.9. The number of carbonyl (C=O) groups is 2. The van der Waals surface area contributed by atoms with Gasteiger partial charge in [-0.25, -0.2) is 4.79 Å². The van der Waals surface area contributed by atoms with Crippen molar-refractivity contribution >= 4 is 12.0 Å². The Morgan fingerprint density at radius 1 is 1.25 bits per heavy atom. The molecule has 0 aromatic heterocycles. The van der Waals surface area contributed by atoms with Crippen LogP contribution in [0.5, 0.6) is 0 Å². The number of unbranched alkanes of at least 4 members (excludes halogenated alkanes) is 7. The van der Waals surface area contributed by atoms with Crippen molar-refractivity contribution in [1.82, 2.24) is 10.2 Å². The predicted octanol–water partition coefficient (Wildman–Crippen LogP) is 2.22. The van der Waals surface area contributed by atoms with Gasteiger partial charge in [-0.05, 0) is 12.8 Å². The molecule has 112 valence electrons. The Hall–Kier alpha value is -1.70. The molecule has 1 rings (SSSR count). The third-order valence-electron chi connectivity index (χ3n) is 3.61. The third kappa shape index (κ3) is 5.52. The molecule has 20 heavy (non-hydrogen) atoms. The van der Waals surface area contributed by atoms with Gasteiger partial charge in [0.15, 0.2) is 0 Å². The van der Waals surface area contributed by atoms with Crippen molar-refractivity contribution in [2.45, 2.75) is 57.4 Å². The summed E-state index contributed by atoms with van der Waals surface area (Å²) in [6.45, 7) is 0.894. The molecule has 1 aliphatic rings. The second-order valence-electron chi connectivity index (χ2n) is 5.17. The van der Waals surface area contributed by atoms with E-state index in [1.807, 2.05) is 0 Å². The first kappa shape index (κ1) is 16.4. The van der Waals surface area contributed by atoms with E-state index in [0.29, 0.717) is 13.1 Å². The van der Waals surface area contributed by atoms with Crippen molar-refractivity contribution in [2.75, 3.05) is 13.1 Å². The van der Waals surface area contributed by atoms with Gasteiger partial charge in [-0.2, -0.15) is 0 Å². The number of terminal acetylenes is 1. The molecule has 2 amide bonds. The Morgan fingerprint density at radius 2 is 1.85 bits per heavy atom. The lowest BCUT2D eigenvalue weighted by atomic mass is 10.1. The van der Waals surface area contributed by atoms with Gasteiger partial charge in [0.2, 0.25) is 5.91 Å². The largest absolute Gasteiger partial charge is 0.465 e. The van der Waals surface area contributed by atoms with Crippen molar-refractivity contribution < 1.29 is 14.7 Å². The van der Waals surface area contributed by atoms with Gasteiger partial charge in [-0.1, -0.05) is 32.1 Å². The monoisotopic (exact) mass is 280 g/mol. The fraction of sp³-hybridized carbons (Fsp3) is 0.733. The van der Waals surface area contributed by atoms with Crippen LogP contribution in [0.2, 0.25) is 0 Å². The van der Waals surface area contributed by atoms with Gasteiger partial charge in [-0.15, -0.1) is 12.3 Å². The summed E-state index contributed by atoms with van der Waals surface area (Å²) < 4.78 is 0. The van der Waals surface area contributed by atoms with Crippen LogP contribution in [-0.2, 0) is 4.79 Å². The van der Waals surface area contributed by atoms with Crippen LogP contribution in [0.3, 0.4) is 0 Å². The smallest absolute Gasteiger partial charge is 0.408 e. The Balaban J connectivity index is 2.03. The Kier molecular flexibility index (Phi) is 7.56. The maximum atomic E-state index is 11.2. The SMILES string of the molecule is C#CCCCCCCCCCN(C(=O)O)C1CNC1=O. The minimum absolute atomic E-state index is 0.180. The van der Waals surface area contributed by atoms with E-state index in [4.69, 9.17) is 11.5 Å². The van der Waals surface area contributed by atoms with Gasteiger partial charge in [0.25, 0.3) is 0 Å². The fourth-order valence-electron chi connectivity index (χ4n) is 2.31. The quantitative estimate of drug-likeness (QED) is 0.366. The second-order valence-corrected chi connectivity index (χ2v) is 5.17. The molecule has 0 bridgehead atoms. The van der Waals surface area contributed by atoms with Crippen molar-refractivity contribution in [3.8, 4) is 12.3 Å². The second kappa shape index (κ2) is 9.24. The van der Waals surface area contributed by atoms with Gasteiger partial charge in [-0.3, -0.25) is 9.69 Å². The van der Waals surface area contributed by atoms with Crippen molar-refractivity contribution in [2.24, 2.45) is 0 Å². The Bertz CT molecular complexity index is 363. The molecule has 5 heteroatoms. The maximum Gasteiger partial charge on any atom is 0.408 e. The number of hydrogen-bond donors (Lipinski definition) is 2. The van der Waals surface area contributed by atoms with Crippen LogP contribution in [0.25, 0.3) is 0 Å². The number of amides is 2. The summed E-state index contributed by atoms with van der Waals surface area (Å²) in [6, 6.07) is -0.476. The number of carbonyl (C=O) groups excluding carboxylic acids is 1. The zero-order valence-electron chi connectivity index (χ0n) is 11.9. The van der Waals surface area contributed by atoms with E-state index in [1.54, 1.807) is 0 Å². The number of rotatable bonds is 10. The maximum absolute atomic E-state index is 11.2. The molecule has 1 aliphatic heterocycles. The molecule has 0 aromatic rings. The molecule has 0 radical (unpaired) electrons. The van der Waals surface area contributed by atoms with E-state index in [2.05, 4.69) is 11.2 Å². The van der Waals surface area contributed by atoms with Crippen LogP contribution in [0.4, 0.5) is 4.79 Å². The van der Waals surface area contributed by atoms with E-state index in [0.717, 1.165) is 32.1 Å². The molecule has 5 nitrogen and oxygen atoms in total. The van der Waals surface area contributed by atoms with E-state index in [-0.39, 0.29) is 5.91 Å². The first-order valence-electron chi connectivity index (χ1n) is 7.37. The van der Waals surface area contributed by atoms with Gasteiger partial charge in [0.05, 0.1) is 0 Å². The summed E-state index contributed by atoms with van der Waals surface area (Å²) >= 11 is 0. The molecule has 0 aliphatic carbocycles. The Labute approximate surface area is 120 Å². The average Bonchev–Trinajstić information content (AvgIpc) is 2.42. The molecule has 1 atom stereocenters. The minimum Gasteiger partial charge on any atom is -0.465 e. The summed E-state index contributed by atoms with van der Waals surface area (Å²) in [5.41, 5.74) is 0. The van der Waals surface area contributed by atoms with Crippen LogP contribution in [0, 0.1) is 12.3 Å². The molecule has 0 spiro atoms. The summed E-state index contributed by atoms with van der Waals surface area (Å²) in [7, 11) is 0. The molecule has 1 fully saturated rings. The Morgan fingerprint density at radius 3 is 2.30 bits per heavy atom. The van der Waals surface area contributed by atoms with E-state index < -0.39 is 12.1 Å². The number of nitrogens with one attached hydrogen (secondary N) is 1. The van der Waals surface area contributed by atoms with Crippen LogP contribution < -0.4 is 5.32 Å². The number of carboxylic acid groups (broad SMARTS) is 1. The molecular formula is C15H24N2O3. The number of nitrogens with zero attached hydrogens (tertiary/aromatic N) is 1. The highest BCUT2D eigenvalue weighted by Gasteiger charge is 2.35. The predicted molar refractivity (Wildman–Crippen MR) is 77.3 cm³/mol. The number of hydrogen-bond acceptors (Lipinski definition) is 2. The van der Waals surface area contributed by atoms with E-state index >= 15 is 0 Å². The molecule has 1 heterocycles. The molecule has 1 unspecified atom stereocenters. The summed E-state index contributed by atoms with van der Waals surface area (Å²) in [5.74, 6) is 2.45. The van der Waals surface area contributed by atoms with Gasteiger partial charge >= 0.3 is 6.09 Å². The lowest BCUT2D eigenvalue weighted by molar-refractivity contribution is -0.132. The minimum atomic E-state index is -1.00. The number of β-lactam (4-membered cyclic amide) rings is 1. The van der Waals surface area contributed by atoms with Crippen molar-refractivity contribution in [1.29, 1.82) is 0 Å². The first-order chi connectivity index (χ1) is 9.66. The van der Waals surface area contributed by atoms with Crippen LogP contribution in [0.15, 0.2) is 0 Å². The highest BCUT2D eigenvalue weighted by atomic mass is 16.4. The zero-order valence-corrected chi connectivity index (χ0v) is 11.9. The topological polar surface area (TPSA) is 69.6 Å². The van der Waals surface area contributed by atoms with Crippen molar-refractivity contribution in [3.63, 3.8) is 0 Å². The fourth-order valence-corrected chi connectivity index (χ4v) is 2.31. The van der Waals surface area contributed by atoms with Crippen LogP contribution in [0.1, 0.15) is 51.4 Å². The van der Waals surface area contributed by atoms with Gasteiger partial charge in [0.1, 0.15) is 6.04 Å². The average molecular weight is 280 g/mol. The van der Waals surface area contributed by atoms with Crippen LogP contribution in [-0.4, -0.2) is 41.1 Å². The molecule has 1 saturated heterocycles. The molecule has 0 saturated carbocycles. The van der Waals surface area contributed by atoms with Crippen molar-refractivity contribution in [3.05, 3.63) is 0 Å². The lowest BCUT2D eigenvalue weighted by Gasteiger charge is -2.34. The summed E-state index contributed by atoms with van der Waals surface area (Å²) in [5, 5.41) is 11.7. The third-order valence-corrected chi connectivity index (χ3v) is 3.61. The first-order valence-corrected chi connectivity index (χ1v) is 7.37. The summed E-state index contributed by atoms with van der Waals surface area (Å²) in [4.78, 5) is 23.5. The highest BCUT2D eigenvalue weighted by Crippen LogP contribution is 2.12. The highest BCUT2D eigenvalue weighted by molar-refractivity contribution is 5.90.